The second-order valence-corrected chi connectivity index (χ2v) is 13.6. The van der Waals surface area contributed by atoms with E-state index in [1.165, 1.54) is 0 Å². The summed E-state index contributed by atoms with van der Waals surface area (Å²) in [5, 5.41) is 0. The van der Waals surface area contributed by atoms with Gasteiger partial charge in [0.15, 0.2) is 0 Å². The van der Waals surface area contributed by atoms with Crippen LogP contribution in [0.2, 0.25) is 12.1 Å². The van der Waals surface area contributed by atoms with Gasteiger partial charge in [0.25, 0.3) is 0 Å². The Morgan fingerprint density at radius 2 is 1.08 bits per heavy atom. The maximum Gasteiger partial charge on any atom is 0.501 e. The molecule has 0 aromatic rings. The lowest BCUT2D eigenvalue weighted by Gasteiger charge is -2.29. The number of hydrogen-bond acceptors (Lipinski definition) is 10. The second kappa shape index (κ2) is 22.2. The van der Waals surface area contributed by atoms with Crippen LogP contribution in [-0.2, 0) is 45.6 Å². The lowest BCUT2D eigenvalue weighted by atomic mass is 10.3. The third kappa shape index (κ3) is 16.1. The van der Waals surface area contributed by atoms with E-state index in [0.717, 1.165) is 6.42 Å². The minimum Gasteiger partial charge on any atom is -0.459 e. The SMILES string of the molecule is C=C(C)C(=O)OCC(COCCC[Si](OCC)(OCC)OCC)OCCC[Si](OCC)(OCC)OCC. The molecule has 1 atom stereocenters. The molecule has 0 aromatic heterocycles. The fourth-order valence-electron chi connectivity index (χ4n) is 3.58. The van der Waals surface area contributed by atoms with Crippen LogP contribution in [-0.4, -0.2) is 95.8 Å². The third-order valence-electron chi connectivity index (χ3n) is 4.99. The molecule has 0 bridgehead atoms. The molecule has 0 aliphatic heterocycles. The molecule has 0 radical (unpaired) electrons. The fourth-order valence-corrected chi connectivity index (χ4v) is 8.74. The Bertz CT molecular complexity index is 560. The summed E-state index contributed by atoms with van der Waals surface area (Å²) in [5.74, 6) is -0.454. The van der Waals surface area contributed by atoms with Gasteiger partial charge in [-0.2, -0.15) is 0 Å². The number of carbonyl (C=O) groups is 1. The number of carbonyl (C=O) groups excluding carboxylic acids is 1. The zero-order valence-electron chi connectivity index (χ0n) is 24.3. The first kappa shape index (κ1) is 36.3. The van der Waals surface area contributed by atoms with Crippen LogP contribution in [0.1, 0.15) is 61.3 Å². The number of ether oxygens (including phenoxy) is 3. The van der Waals surface area contributed by atoms with E-state index in [9.17, 15) is 4.79 Å². The van der Waals surface area contributed by atoms with Gasteiger partial charge in [-0.3, -0.25) is 0 Å². The lowest BCUT2D eigenvalue weighted by Crippen LogP contribution is -2.46. The Morgan fingerprint density at radius 1 is 0.676 bits per heavy atom. The number of esters is 1. The monoisotopic (exact) mass is 568 g/mol. The van der Waals surface area contributed by atoms with Crippen molar-refractivity contribution >= 4 is 23.6 Å². The molecule has 0 spiro atoms. The van der Waals surface area contributed by atoms with Crippen LogP contribution in [0.4, 0.5) is 0 Å². The van der Waals surface area contributed by atoms with Gasteiger partial charge in [0.05, 0.1) is 6.61 Å². The molecule has 220 valence electrons. The summed E-state index contributed by atoms with van der Waals surface area (Å²) < 4.78 is 52.6. The van der Waals surface area contributed by atoms with Crippen molar-refractivity contribution in [2.24, 2.45) is 0 Å². The largest absolute Gasteiger partial charge is 0.501 e. The van der Waals surface area contributed by atoms with Gasteiger partial charge < -0.3 is 40.8 Å². The lowest BCUT2D eigenvalue weighted by molar-refractivity contribution is -0.145. The summed E-state index contributed by atoms with van der Waals surface area (Å²) in [7, 11) is -5.44. The van der Waals surface area contributed by atoms with Crippen molar-refractivity contribution in [1.82, 2.24) is 0 Å². The van der Waals surface area contributed by atoms with E-state index in [4.69, 9.17) is 40.8 Å². The third-order valence-corrected chi connectivity index (χ3v) is 11.3. The van der Waals surface area contributed by atoms with Crippen LogP contribution in [0, 0.1) is 0 Å². The molecule has 0 rings (SSSR count). The Labute approximate surface area is 226 Å². The minimum absolute atomic E-state index is 0.0756. The molecule has 0 N–H and O–H groups in total. The van der Waals surface area contributed by atoms with E-state index in [2.05, 4.69) is 6.58 Å². The first-order valence-corrected chi connectivity index (χ1v) is 17.5. The molecule has 0 amide bonds. The van der Waals surface area contributed by atoms with E-state index >= 15 is 0 Å². The zero-order valence-corrected chi connectivity index (χ0v) is 26.3. The Hall–Kier alpha value is -0.676. The highest BCUT2D eigenvalue weighted by Gasteiger charge is 2.40. The average Bonchev–Trinajstić information content (AvgIpc) is 2.85. The van der Waals surface area contributed by atoms with Crippen molar-refractivity contribution in [3.63, 3.8) is 0 Å². The quantitative estimate of drug-likeness (QED) is 0.0646. The summed E-state index contributed by atoms with van der Waals surface area (Å²) in [6.45, 7) is 21.3. The molecule has 0 saturated heterocycles. The van der Waals surface area contributed by atoms with Gasteiger partial charge >= 0.3 is 23.6 Å². The highest BCUT2D eigenvalue weighted by Crippen LogP contribution is 2.20. The predicted molar refractivity (Wildman–Crippen MR) is 146 cm³/mol. The van der Waals surface area contributed by atoms with Crippen molar-refractivity contribution in [3.05, 3.63) is 12.2 Å². The Kier molecular flexibility index (Phi) is 21.8. The van der Waals surface area contributed by atoms with Gasteiger partial charge in [-0.15, -0.1) is 0 Å². The molecule has 0 saturated carbocycles. The van der Waals surface area contributed by atoms with E-state index < -0.39 is 29.7 Å². The van der Waals surface area contributed by atoms with Gasteiger partial charge in [-0.25, -0.2) is 4.79 Å². The van der Waals surface area contributed by atoms with Crippen LogP contribution in [0.25, 0.3) is 0 Å². The van der Waals surface area contributed by atoms with Crippen molar-refractivity contribution in [3.8, 4) is 0 Å². The molecule has 0 aliphatic carbocycles. The average molecular weight is 569 g/mol. The van der Waals surface area contributed by atoms with Crippen molar-refractivity contribution in [2.45, 2.75) is 79.5 Å². The van der Waals surface area contributed by atoms with Gasteiger partial charge in [0, 0.05) is 70.5 Å². The summed E-state index contributed by atoms with van der Waals surface area (Å²) >= 11 is 0. The minimum atomic E-state index is -2.73. The molecule has 0 aliphatic rings. The maximum atomic E-state index is 11.9. The molecule has 1 unspecified atom stereocenters. The van der Waals surface area contributed by atoms with E-state index in [1.807, 2.05) is 41.5 Å². The standard InChI is InChI=1S/C25H52O10Si2/c1-9-30-36(31-10-2,32-11-3)19-15-17-27-21-24(22-29-25(26)23(7)8)28-18-16-20-37(33-12-4,34-13-5)35-14-6/h24H,7,9-22H2,1-6,8H3. The first-order valence-electron chi connectivity index (χ1n) is 13.6. The second-order valence-electron chi connectivity index (χ2n) is 8.12. The van der Waals surface area contributed by atoms with E-state index in [1.54, 1.807) is 6.92 Å². The van der Waals surface area contributed by atoms with Crippen LogP contribution in [0.3, 0.4) is 0 Å². The number of rotatable bonds is 26. The maximum absolute atomic E-state index is 11.9. The normalized spacial score (nSPS) is 13.1. The fraction of sp³-hybridized carbons (Fsp3) is 0.880. The predicted octanol–water partition coefficient (Wildman–Crippen LogP) is 4.38. The van der Waals surface area contributed by atoms with Crippen LogP contribution >= 0.6 is 0 Å². The van der Waals surface area contributed by atoms with Crippen LogP contribution in [0.15, 0.2) is 12.2 Å². The van der Waals surface area contributed by atoms with E-state index in [0.29, 0.717) is 76.9 Å². The van der Waals surface area contributed by atoms with Crippen molar-refractivity contribution in [2.75, 3.05) is 66.1 Å². The molecule has 10 nitrogen and oxygen atoms in total. The molecule has 0 heterocycles. The summed E-state index contributed by atoms with van der Waals surface area (Å²) in [4.78, 5) is 11.9. The van der Waals surface area contributed by atoms with Crippen molar-refractivity contribution in [1.29, 1.82) is 0 Å². The Morgan fingerprint density at radius 3 is 1.46 bits per heavy atom. The van der Waals surface area contributed by atoms with Gasteiger partial charge in [-0.1, -0.05) is 6.58 Å². The van der Waals surface area contributed by atoms with Crippen molar-refractivity contribution < 1.29 is 45.6 Å². The van der Waals surface area contributed by atoms with Gasteiger partial charge in [-0.05, 0) is 61.3 Å². The van der Waals surface area contributed by atoms with Gasteiger partial charge in [0.1, 0.15) is 12.7 Å². The smallest absolute Gasteiger partial charge is 0.459 e. The molecule has 0 aromatic carbocycles. The Balaban J connectivity index is 4.85. The van der Waals surface area contributed by atoms with Gasteiger partial charge in [0.2, 0.25) is 0 Å². The molecular formula is C25H52O10Si2. The first-order chi connectivity index (χ1) is 17.8. The topological polar surface area (TPSA) is 100 Å². The summed E-state index contributed by atoms with van der Waals surface area (Å²) in [5.41, 5.74) is 0.338. The molecular weight excluding hydrogens is 516 g/mol. The zero-order chi connectivity index (χ0) is 28.0. The molecule has 37 heavy (non-hydrogen) atoms. The molecule has 12 heteroatoms. The van der Waals surface area contributed by atoms with Crippen LogP contribution < -0.4 is 0 Å². The van der Waals surface area contributed by atoms with Crippen LogP contribution in [0.5, 0.6) is 0 Å². The summed E-state index contributed by atoms with van der Waals surface area (Å²) in [6, 6.07) is 1.30. The van der Waals surface area contributed by atoms with E-state index in [-0.39, 0.29) is 13.2 Å². The number of hydrogen-bond donors (Lipinski definition) is 0. The highest BCUT2D eigenvalue weighted by atomic mass is 28.4. The summed E-state index contributed by atoms with van der Waals surface area (Å²) in [6.07, 6.45) is 0.983. The molecule has 0 fully saturated rings. The highest BCUT2D eigenvalue weighted by molar-refractivity contribution is 6.61.